The van der Waals surface area contributed by atoms with Crippen molar-refractivity contribution in [3.63, 3.8) is 0 Å². The first-order chi connectivity index (χ1) is 9.26. The van der Waals surface area contributed by atoms with E-state index in [1.54, 1.807) is 0 Å². The first kappa shape index (κ1) is 15.7. The van der Waals surface area contributed by atoms with Crippen LogP contribution in [0.2, 0.25) is 0 Å². The van der Waals surface area contributed by atoms with Gasteiger partial charge in [0.25, 0.3) is 0 Å². The molecule has 0 fully saturated rings. The van der Waals surface area contributed by atoms with E-state index < -0.39 is 0 Å². The summed E-state index contributed by atoms with van der Waals surface area (Å²) in [6.45, 7) is 3.40. The van der Waals surface area contributed by atoms with Crippen molar-refractivity contribution < 1.29 is 14.6 Å². The zero-order valence-electron chi connectivity index (χ0n) is 11.5. The lowest BCUT2D eigenvalue weighted by atomic mass is 10.1. The summed E-state index contributed by atoms with van der Waals surface area (Å²) in [7, 11) is 0. The fourth-order valence-corrected chi connectivity index (χ4v) is 1.72. The molecule has 19 heavy (non-hydrogen) atoms. The Morgan fingerprint density at radius 2 is 1.89 bits per heavy atom. The molecular formula is C15H23NO3. The maximum absolute atomic E-state index is 11.6. The molecule has 1 amide bonds. The maximum Gasteiger partial charge on any atom is 0.220 e. The van der Waals surface area contributed by atoms with Crippen molar-refractivity contribution in [2.24, 2.45) is 0 Å². The zero-order valence-corrected chi connectivity index (χ0v) is 11.5. The third-order valence-electron chi connectivity index (χ3n) is 2.88. The number of benzene rings is 1. The quantitative estimate of drug-likeness (QED) is 0.662. The van der Waals surface area contributed by atoms with Gasteiger partial charge in [0.05, 0.1) is 19.8 Å². The van der Waals surface area contributed by atoms with Crippen LogP contribution >= 0.6 is 0 Å². The molecule has 0 spiro atoms. The van der Waals surface area contributed by atoms with Crippen LogP contribution in [-0.4, -0.2) is 37.4 Å². The summed E-state index contributed by atoms with van der Waals surface area (Å²) in [6, 6.07) is 8.37. The van der Waals surface area contributed by atoms with Gasteiger partial charge in [0.2, 0.25) is 5.91 Å². The van der Waals surface area contributed by atoms with Gasteiger partial charge in [0.1, 0.15) is 0 Å². The topological polar surface area (TPSA) is 58.6 Å². The number of hydrogen-bond acceptors (Lipinski definition) is 3. The largest absolute Gasteiger partial charge is 0.394 e. The Balaban J connectivity index is 2.15. The molecule has 0 saturated carbocycles. The molecule has 0 aliphatic carbocycles. The molecule has 0 atom stereocenters. The Morgan fingerprint density at radius 1 is 1.21 bits per heavy atom. The molecule has 4 heteroatoms. The lowest BCUT2D eigenvalue weighted by Gasteiger charge is -2.06. The molecule has 0 unspecified atom stereocenters. The van der Waals surface area contributed by atoms with Crippen LogP contribution in [0.5, 0.6) is 0 Å². The average Bonchev–Trinajstić information content (AvgIpc) is 2.45. The van der Waals surface area contributed by atoms with Crippen molar-refractivity contribution in [2.75, 3.05) is 26.4 Å². The number of aliphatic hydroxyl groups is 1. The third kappa shape index (κ3) is 6.94. The van der Waals surface area contributed by atoms with E-state index in [2.05, 4.69) is 36.5 Å². The monoisotopic (exact) mass is 265 g/mol. The van der Waals surface area contributed by atoms with Gasteiger partial charge in [-0.3, -0.25) is 4.79 Å². The summed E-state index contributed by atoms with van der Waals surface area (Å²) in [5.74, 6) is 0.0344. The average molecular weight is 265 g/mol. The number of ether oxygens (including phenoxy) is 1. The number of carbonyl (C=O) groups excluding carboxylic acids is 1. The highest BCUT2D eigenvalue weighted by atomic mass is 16.5. The van der Waals surface area contributed by atoms with Crippen LogP contribution in [0.3, 0.4) is 0 Å². The number of amides is 1. The summed E-state index contributed by atoms with van der Waals surface area (Å²) < 4.78 is 5.06. The highest BCUT2D eigenvalue weighted by Crippen LogP contribution is 2.07. The predicted molar refractivity (Wildman–Crippen MR) is 75.1 cm³/mol. The second-order valence-electron chi connectivity index (χ2n) is 4.36. The Labute approximate surface area is 114 Å². The lowest BCUT2D eigenvalue weighted by molar-refractivity contribution is -0.121. The Morgan fingerprint density at radius 3 is 2.53 bits per heavy atom. The normalized spacial score (nSPS) is 10.4. The van der Waals surface area contributed by atoms with E-state index >= 15 is 0 Å². The van der Waals surface area contributed by atoms with Crippen LogP contribution in [0.4, 0.5) is 0 Å². The summed E-state index contributed by atoms with van der Waals surface area (Å²) in [5.41, 5.74) is 2.50. The number of hydrogen-bond donors (Lipinski definition) is 2. The van der Waals surface area contributed by atoms with E-state index in [1.165, 1.54) is 11.1 Å². The molecule has 0 aliphatic rings. The Kier molecular flexibility index (Phi) is 7.86. The summed E-state index contributed by atoms with van der Waals surface area (Å²) in [4.78, 5) is 11.6. The molecule has 0 radical (unpaired) electrons. The molecule has 0 heterocycles. The highest BCUT2D eigenvalue weighted by Gasteiger charge is 2.01. The standard InChI is InChI=1S/C15H23NO3/c1-2-13-3-5-14(6-4-13)7-8-15(18)16-9-11-19-12-10-17/h3-6,17H,2,7-12H2,1H3,(H,16,18). The van der Waals surface area contributed by atoms with E-state index in [4.69, 9.17) is 9.84 Å². The van der Waals surface area contributed by atoms with Gasteiger partial charge in [-0.05, 0) is 24.0 Å². The number of aryl methyl sites for hydroxylation is 2. The third-order valence-corrected chi connectivity index (χ3v) is 2.88. The lowest BCUT2D eigenvalue weighted by Crippen LogP contribution is -2.27. The number of carbonyl (C=O) groups is 1. The van der Waals surface area contributed by atoms with Gasteiger partial charge in [-0.15, -0.1) is 0 Å². The van der Waals surface area contributed by atoms with Crippen molar-refractivity contribution in [3.8, 4) is 0 Å². The van der Waals surface area contributed by atoms with Crippen molar-refractivity contribution >= 4 is 5.91 Å². The first-order valence-corrected chi connectivity index (χ1v) is 6.79. The van der Waals surface area contributed by atoms with E-state index in [1.807, 2.05) is 0 Å². The molecule has 4 nitrogen and oxygen atoms in total. The molecule has 0 aromatic heterocycles. The van der Waals surface area contributed by atoms with Gasteiger partial charge in [0.15, 0.2) is 0 Å². The zero-order chi connectivity index (χ0) is 13.9. The van der Waals surface area contributed by atoms with Gasteiger partial charge in [0, 0.05) is 13.0 Å². The number of nitrogens with one attached hydrogen (secondary N) is 1. The van der Waals surface area contributed by atoms with E-state index in [0.717, 1.165) is 12.8 Å². The van der Waals surface area contributed by atoms with Gasteiger partial charge in [-0.2, -0.15) is 0 Å². The molecule has 1 aromatic rings. The Hall–Kier alpha value is -1.39. The maximum atomic E-state index is 11.6. The highest BCUT2D eigenvalue weighted by molar-refractivity contribution is 5.76. The summed E-state index contributed by atoms with van der Waals surface area (Å²) in [6.07, 6.45) is 2.29. The Bertz CT molecular complexity index is 362. The first-order valence-electron chi connectivity index (χ1n) is 6.79. The second-order valence-corrected chi connectivity index (χ2v) is 4.36. The molecule has 0 saturated heterocycles. The fraction of sp³-hybridized carbons (Fsp3) is 0.533. The molecule has 0 bridgehead atoms. The predicted octanol–water partition coefficient (Wildman–Crippen LogP) is 1.31. The van der Waals surface area contributed by atoms with Gasteiger partial charge >= 0.3 is 0 Å². The molecular weight excluding hydrogens is 242 g/mol. The van der Waals surface area contributed by atoms with Crippen molar-refractivity contribution in [2.45, 2.75) is 26.2 Å². The van der Waals surface area contributed by atoms with E-state index in [9.17, 15) is 4.79 Å². The van der Waals surface area contributed by atoms with Crippen LogP contribution in [0.25, 0.3) is 0 Å². The van der Waals surface area contributed by atoms with Crippen LogP contribution in [0, 0.1) is 0 Å². The van der Waals surface area contributed by atoms with E-state index in [-0.39, 0.29) is 12.5 Å². The van der Waals surface area contributed by atoms with Crippen molar-refractivity contribution in [3.05, 3.63) is 35.4 Å². The van der Waals surface area contributed by atoms with Gasteiger partial charge < -0.3 is 15.2 Å². The number of aliphatic hydroxyl groups excluding tert-OH is 1. The molecule has 0 aliphatic heterocycles. The van der Waals surface area contributed by atoms with Gasteiger partial charge in [-0.25, -0.2) is 0 Å². The molecule has 2 N–H and O–H groups in total. The molecule has 1 rings (SSSR count). The minimum absolute atomic E-state index is 0.0156. The van der Waals surface area contributed by atoms with Crippen LogP contribution in [0.15, 0.2) is 24.3 Å². The van der Waals surface area contributed by atoms with Gasteiger partial charge in [-0.1, -0.05) is 31.2 Å². The minimum atomic E-state index is 0.0156. The van der Waals surface area contributed by atoms with Crippen LogP contribution < -0.4 is 5.32 Å². The van der Waals surface area contributed by atoms with E-state index in [0.29, 0.717) is 26.2 Å². The molecule has 1 aromatic carbocycles. The summed E-state index contributed by atoms with van der Waals surface area (Å²) in [5, 5.41) is 11.3. The van der Waals surface area contributed by atoms with Crippen molar-refractivity contribution in [1.29, 1.82) is 0 Å². The SMILES string of the molecule is CCc1ccc(CCC(=O)NCCOCCO)cc1. The fourth-order valence-electron chi connectivity index (χ4n) is 1.72. The minimum Gasteiger partial charge on any atom is -0.394 e. The van der Waals surface area contributed by atoms with Crippen LogP contribution in [0.1, 0.15) is 24.5 Å². The summed E-state index contributed by atoms with van der Waals surface area (Å²) >= 11 is 0. The number of rotatable bonds is 9. The van der Waals surface area contributed by atoms with Crippen molar-refractivity contribution in [1.82, 2.24) is 5.32 Å². The smallest absolute Gasteiger partial charge is 0.220 e. The second kappa shape index (κ2) is 9.53. The molecule has 106 valence electrons. The van der Waals surface area contributed by atoms with Crippen LogP contribution in [-0.2, 0) is 22.4 Å².